The van der Waals surface area contributed by atoms with Crippen molar-refractivity contribution in [1.29, 1.82) is 0 Å². The monoisotopic (exact) mass is 292 g/mol. The largest absolute Gasteiger partial charge is 0.496 e. The van der Waals surface area contributed by atoms with Crippen LogP contribution >= 0.6 is 0 Å². The number of nitrogens with zero attached hydrogens (tertiary/aromatic N) is 2. The van der Waals surface area contributed by atoms with E-state index in [9.17, 15) is 5.11 Å². The molecule has 1 aliphatic heterocycles. The van der Waals surface area contributed by atoms with Crippen LogP contribution in [0.3, 0.4) is 0 Å². The van der Waals surface area contributed by atoms with Gasteiger partial charge in [-0.15, -0.1) is 0 Å². The molecule has 0 bridgehead atoms. The van der Waals surface area contributed by atoms with Gasteiger partial charge in [0.15, 0.2) is 0 Å². The molecule has 1 N–H and O–H groups in total. The molecule has 0 aliphatic carbocycles. The smallest absolute Gasteiger partial charge is 0.126 e. The van der Waals surface area contributed by atoms with Gasteiger partial charge in [0.05, 0.1) is 13.2 Å². The fraction of sp³-hybridized carbons (Fsp3) is 0.647. The van der Waals surface area contributed by atoms with E-state index in [0.717, 1.165) is 49.7 Å². The van der Waals surface area contributed by atoms with Crippen LogP contribution in [0.2, 0.25) is 0 Å². The molecule has 1 aromatic rings. The van der Waals surface area contributed by atoms with Crippen molar-refractivity contribution in [2.24, 2.45) is 5.92 Å². The lowest BCUT2D eigenvalue weighted by Crippen LogP contribution is -2.47. The Labute approximate surface area is 128 Å². The highest BCUT2D eigenvalue weighted by Gasteiger charge is 2.22. The van der Waals surface area contributed by atoms with E-state index >= 15 is 0 Å². The van der Waals surface area contributed by atoms with Crippen LogP contribution in [0, 0.1) is 5.92 Å². The Morgan fingerprint density at radius 2 is 1.81 bits per heavy atom. The van der Waals surface area contributed by atoms with Gasteiger partial charge < -0.3 is 14.7 Å². The highest BCUT2D eigenvalue weighted by molar-refractivity contribution is 5.60. The lowest BCUT2D eigenvalue weighted by molar-refractivity contribution is 0.193. The first-order chi connectivity index (χ1) is 10.0. The number of rotatable bonds is 5. The molecule has 1 heterocycles. The van der Waals surface area contributed by atoms with Crippen molar-refractivity contribution in [3.05, 3.63) is 23.8 Å². The van der Waals surface area contributed by atoms with Gasteiger partial charge in [0.25, 0.3) is 0 Å². The molecule has 1 fully saturated rings. The van der Waals surface area contributed by atoms with Crippen LogP contribution in [-0.2, 0) is 0 Å². The van der Waals surface area contributed by atoms with E-state index in [1.807, 2.05) is 12.1 Å². The standard InChI is InChI=1S/C17H28N2O2/c1-13(2)12-18-8-10-19(11-9-18)15-6-5-7-16(21-4)17(15)14(3)20/h5-7,13-14,20H,8-12H2,1-4H3. The van der Waals surface area contributed by atoms with Crippen molar-refractivity contribution >= 4 is 5.69 Å². The van der Waals surface area contributed by atoms with Crippen LogP contribution < -0.4 is 9.64 Å². The molecule has 1 atom stereocenters. The highest BCUT2D eigenvalue weighted by atomic mass is 16.5. The second-order valence-corrected chi connectivity index (χ2v) is 6.25. The first kappa shape index (κ1) is 16.1. The molecule has 0 amide bonds. The second-order valence-electron chi connectivity index (χ2n) is 6.25. The van der Waals surface area contributed by atoms with Gasteiger partial charge >= 0.3 is 0 Å². The average molecular weight is 292 g/mol. The van der Waals surface area contributed by atoms with Crippen LogP contribution in [0.15, 0.2) is 18.2 Å². The summed E-state index contributed by atoms with van der Waals surface area (Å²) in [6.45, 7) is 11.6. The number of ether oxygens (including phenoxy) is 1. The summed E-state index contributed by atoms with van der Waals surface area (Å²) in [6, 6.07) is 6.00. The van der Waals surface area contributed by atoms with E-state index in [4.69, 9.17) is 4.74 Å². The van der Waals surface area contributed by atoms with Gasteiger partial charge in [-0.05, 0) is 25.0 Å². The van der Waals surface area contributed by atoms with Gasteiger partial charge in [-0.25, -0.2) is 0 Å². The molecule has 2 rings (SSSR count). The molecular formula is C17H28N2O2. The van der Waals surface area contributed by atoms with Gasteiger partial charge in [-0.2, -0.15) is 0 Å². The second kappa shape index (κ2) is 7.14. The SMILES string of the molecule is COc1cccc(N2CCN(CC(C)C)CC2)c1C(C)O. The molecule has 1 aliphatic rings. The Morgan fingerprint density at radius 3 is 2.33 bits per heavy atom. The van der Waals surface area contributed by atoms with Crippen molar-refractivity contribution in [3.8, 4) is 5.75 Å². The molecule has 0 radical (unpaired) electrons. The van der Waals surface area contributed by atoms with Crippen molar-refractivity contribution in [2.45, 2.75) is 26.9 Å². The van der Waals surface area contributed by atoms with Crippen LogP contribution in [0.25, 0.3) is 0 Å². The molecule has 21 heavy (non-hydrogen) atoms. The first-order valence-electron chi connectivity index (χ1n) is 7.85. The van der Waals surface area contributed by atoms with Crippen LogP contribution in [0.5, 0.6) is 5.75 Å². The Hall–Kier alpha value is -1.26. The minimum atomic E-state index is -0.523. The average Bonchev–Trinajstić information content (AvgIpc) is 2.46. The molecule has 0 aromatic heterocycles. The summed E-state index contributed by atoms with van der Waals surface area (Å²) >= 11 is 0. The lowest BCUT2D eigenvalue weighted by atomic mass is 10.0. The quantitative estimate of drug-likeness (QED) is 0.904. The number of aliphatic hydroxyl groups is 1. The predicted octanol–water partition coefficient (Wildman–Crippen LogP) is 2.53. The molecule has 4 nitrogen and oxygen atoms in total. The maximum absolute atomic E-state index is 10.1. The molecule has 4 heteroatoms. The summed E-state index contributed by atoms with van der Waals surface area (Å²) in [4.78, 5) is 4.88. The Morgan fingerprint density at radius 1 is 1.14 bits per heavy atom. The topological polar surface area (TPSA) is 35.9 Å². The van der Waals surface area contributed by atoms with Gasteiger partial charge in [0, 0.05) is 44.0 Å². The molecular weight excluding hydrogens is 264 g/mol. The zero-order valence-electron chi connectivity index (χ0n) is 13.7. The van der Waals surface area contributed by atoms with E-state index in [0.29, 0.717) is 5.92 Å². The van der Waals surface area contributed by atoms with E-state index in [2.05, 4.69) is 29.7 Å². The van der Waals surface area contributed by atoms with Gasteiger partial charge in [-0.1, -0.05) is 19.9 Å². The summed E-state index contributed by atoms with van der Waals surface area (Å²) < 4.78 is 5.41. The number of benzene rings is 1. The summed E-state index contributed by atoms with van der Waals surface area (Å²) in [7, 11) is 1.66. The van der Waals surface area contributed by atoms with Crippen LogP contribution in [-0.4, -0.2) is 49.8 Å². The third kappa shape index (κ3) is 3.89. The normalized spacial score (nSPS) is 18.1. The molecule has 118 valence electrons. The van der Waals surface area contributed by atoms with Crippen molar-refractivity contribution in [2.75, 3.05) is 44.7 Å². The zero-order valence-corrected chi connectivity index (χ0v) is 13.7. The Balaban J connectivity index is 2.13. The van der Waals surface area contributed by atoms with Crippen LogP contribution in [0.1, 0.15) is 32.4 Å². The lowest BCUT2D eigenvalue weighted by Gasteiger charge is -2.38. The van der Waals surface area contributed by atoms with Crippen molar-refractivity contribution in [1.82, 2.24) is 4.90 Å². The zero-order chi connectivity index (χ0) is 15.4. The first-order valence-corrected chi connectivity index (χ1v) is 7.85. The van der Waals surface area contributed by atoms with Crippen molar-refractivity contribution in [3.63, 3.8) is 0 Å². The van der Waals surface area contributed by atoms with Gasteiger partial charge in [0.1, 0.15) is 5.75 Å². The van der Waals surface area contributed by atoms with Crippen LogP contribution in [0.4, 0.5) is 5.69 Å². The number of piperazine rings is 1. The fourth-order valence-electron chi connectivity index (χ4n) is 3.09. The number of aliphatic hydroxyl groups excluding tert-OH is 1. The van der Waals surface area contributed by atoms with Gasteiger partial charge in [-0.3, -0.25) is 4.90 Å². The third-order valence-corrected chi connectivity index (χ3v) is 4.02. The third-order valence-electron chi connectivity index (χ3n) is 4.02. The van der Waals surface area contributed by atoms with E-state index in [1.165, 1.54) is 0 Å². The Bertz CT molecular complexity index is 452. The number of methoxy groups -OCH3 is 1. The number of hydrogen-bond acceptors (Lipinski definition) is 4. The summed E-state index contributed by atoms with van der Waals surface area (Å²) in [5, 5.41) is 10.1. The molecule has 1 aromatic carbocycles. The molecule has 0 saturated carbocycles. The van der Waals surface area contributed by atoms with E-state index in [1.54, 1.807) is 14.0 Å². The maximum atomic E-state index is 10.1. The Kier molecular flexibility index (Phi) is 5.48. The molecule has 1 unspecified atom stereocenters. The maximum Gasteiger partial charge on any atom is 0.126 e. The number of anilines is 1. The molecule has 0 spiro atoms. The minimum absolute atomic E-state index is 0.523. The summed E-state index contributed by atoms with van der Waals surface area (Å²) in [5.41, 5.74) is 2.01. The van der Waals surface area contributed by atoms with E-state index in [-0.39, 0.29) is 0 Å². The van der Waals surface area contributed by atoms with Gasteiger partial charge in [0.2, 0.25) is 0 Å². The number of hydrogen-bond donors (Lipinski definition) is 1. The minimum Gasteiger partial charge on any atom is -0.496 e. The highest BCUT2D eigenvalue weighted by Crippen LogP contribution is 2.35. The predicted molar refractivity (Wildman–Crippen MR) is 87.1 cm³/mol. The fourth-order valence-corrected chi connectivity index (χ4v) is 3.09. The summed E-state index contributed by atoms with van der Waals surface area (Å²) in [6.07, 6.45) is -0.523. The molecule has 1 saturated heterocycles. The van der Waals surface area contributed by atoms with E-state index < -0.39 is 6.10 Å². The van der Waals surface area contributed by atoms with Crippen molar-refractivity contribution < 1.29 is 9.84 Å². The summed E-state index contributed by atoms with van der Waals surface area (Å²) in [5.74, 6) is 1.48.